The van der Waals surface area contributed by atoms with Crippen LogP contribution in [0.25, 0.3) is 33.5 Å². The molecule has 0 aliphatic carbocycles. The van der Waals surface area contributed by atoms with Gasteiger partial charge in [-0.2, -0.15) is 14.9 Å². The Labute approximate surface area is 210 Å². The van der Waals surface area contributed by atoms with Gasteiger partial charge in [-0.3, -0.25) is 0 Å². The minimum atomic E-state index is -1.52. The van der Waals surface area contributed by atoms with Gasteiger partial charge in [0.05, 0.1) is 0 Å². The first-order valence-electron chi connectivity index (χ1n) is 11.6. The summed E-state index contributed by atoms with van der Waals surface area (Å²) >= 11 is 0. The standard InChI is InChI=1S/C26H21FN6O4/c1-2-3-8-21-25(28-23-20(33(21)36)14-13-19(27)22(23)26(34)35)37-16-11-9-15(10-12-16)17-6-4-5-7-18(17)24-29-31-32-30-24/h4-7,9-14H,2-3,8H2,1H3,(H,34,35)(H,29,30,31,32). The smallest absolute Gasteiger partial charge is 0.341 e. The van der Waals surface area contributed by atoms with Gasteiger partial charge in [-0.05, 0) is 41.0 Å². The van der Waals surface area contributed by atoms with Crippen LogP contribution in [0.2, 0.25) is 0 Å². The molecule has 5 aromatic rings. The number of carbonyl (C=O) groups is 1. The second-order valence-electron chi connectivity index (χ2n) is 8.26. The van der Waals surface area contributed by atoms with Crippen LogP contribution in [-0.2, 0) is 6.42 Å². The van der Waals surface area contributed by atoms with E-state index in [-0.39, 0.29) is 22.6 Å². The number of aromatic nitrogens is 6. The minimum absolute atomic E-state index is 0.0364. The molecule has 186 valence electrons. The van der Waals surface area contributed by atoms with Crippen LogP contribution >= 0.6 is 0 Å². The molecule has 0 radical (unpaired) electrons. The van der Waals surface area contributed by atoms with E-state index in [2.05, 4.69) is 25.6 Å². The fourth-order valence-corrected chi connectivity index (χ4v) is 4.09. The van der Waals surface area contributed by atoms with Crippen molar-refractivity contribution in [3.8, 4) is 34.1 Å². The molecule has 0 bridgehead atoms. The predicted molar refractivity (Wildman–Crippen MR) is 131 cm³/mol. The molecule has 0 spiro atoms. The molecule has 0 aliphatic rings. The fourth-order valence-electron chi connectivity index (χ4n) is 4.09. The van der Waals surface area contributed by atoms with Crippen molar-refractivity contribution in [1.82, 2.24) is 25.6 Å². The monoisotopic (exact) mass is 500 g/mol. The number of aromatic carboxylic acids is 1. The van der Waals surface area contributed by atoms with Crippen molar-refractivity contribution in [1.29, 1.82) is 0 Å². The molecule has 0 fully saturated rings. The van der Waals surface area contributed by atoms with Crippen LogP contribution in [0.5, 0.6) is 11.6 Å². The van der Waals surface area contributed by atoms with Crippen LogP contribution in [0.4, 0.5) is 4.39 Å². The molecule has 0 saturated heterocycles. The van der Waals surface area contributed by atoms with Gasteiger partial charge in [0, 0.05) is 18.1 Å². The summed E-state index contributed by atoms with van der Waals surface area (Å²) in [4.78, 5) is 16.0. The largest absolute Gasteiger partial charge is 0.618 e. The molecule has 0 saturated carbocycles. The number of carboxylic acids is 1. The summed E-state index contributed by atoms with van der Waals surface area (Å²) in [5.74, 6) is -1.74. The van der Waals surface area contributed by atoms with E-state index in [0.717, 1.165) is 29.2 Å². The number of carboxylic acid groups (broad SMARTS) is 1. The predicted octanol–water partition coefficient (Wildman–Crippen LogP) is 4.69. The maximum absolute atomic E-state index is 14.3. The average Bonchev–Trinajstić information content (AvgIpc) is 3.44. The Kier molecular flexibility index (Phi) is 6.42. The molecular weight excluding hydrogens is 479 g/mol. The van der Waals surface area contributed by atoms with E-state index >= 15 is 0 Å². The highest BCUT2D eigenvalue weighted by molar-refractivity contribution is 6.00. The number of halogens is 1. The lowest BCUT2D eigenvalue weighted by molar-refractivity contribution is -0.586. The molecular formula is C26H21FN6O4. The lowest BCUT2D eigenvalue weighted by Crippen LogP contribution is -2.34. The second-order valence-corrected chi connectivity index (χ2v) is 8.26. The Balaban J connectivity index is 1.55. The van der Waals surface area contributed by atoms with Crippen molar-refractivity contribution in [3.63, 3.8) is 0 Å². The molecule has 0 aliphatic heterocycles. The number of tetrazole rings is 1. The molecule has 0 atom stereocenters. The van der Waals surface area contributed by atoms with Crippen LogP contribution in [0.3, 0.4) is 0 Å². The topological polar surface area (TPSA) is 141 Å². The third-order valence-corrected chi connectivity index (χ3v) is 5.90. The summed E-state index contributed by atoms with van der Waals surface area (Å²) in [5, 5.41) is 36.9. The zero-order valence-corrected chi connectivity index (χ0v) is 19.7. The molecule has 2 heterocycles. The zero-order chi connectivity index (χ0) is 25.9. The number of aromatic amines is 1. The molecule has 0 unspecified atom stereocenters. The van der Waals surface area contributed by atoms with Gasteiger partial charge in [-0.1, -0.05) is 49.7 Å². The lowest BCUT2D eigenvalue weighted by Gasteiger charge is -2.14. The molecule has 11 heteroatoms. The number of benzene rings is 3. The maximum atomic E-state index is 14.3. The summed E-state index contributed by atoms with van der Waals surface area (Å²) in [5.41, 5.74) is 1.78. The molecule has 2 N–H and O–H groups in total. The van der Waals surface area contributed by atoms with Gasteiger partial charge < -0.3 is 15.1 Å². The van der Waals surface area contributed by atoms with Crippen LogP contribution in [0, 0.1) is 11.0 Å². The second kappa shape index (κ2) is 9.97. The first-order chi connectivity index (χ1) is 18.0. The van der Waals surface area contributed by atoms with E-state index in [4.69, 9.17) is 4.74 Å². The molecule has 37 heavy (non-hydrogen) atoms. The molecule has 0 amide bonds. The van der Waals surface area contributed by atoms with Crippen LogP contribution in [0.15, 0.2) is 60.7 Å². The number of fused-ring (bicyclic) bond motifs is 1. The highest BCUT2D eigenvalue weighted by Crippen LogP contribution is 2.32. The lowest BCUT2D eigenvalue weighted by atomic mass is 9.99. The Bertz CT molecular complexity index is 1590. The average molecular weight is 500 g/mol. The van der Waals surface area contributed by atoms with E-state index in [1.54, 1.807) is 12.1 Å². The number of H-pyrrole nitrogens is 1. The Morgan fingerprint density at radius 1 is 1.11 bits per heavy atom. The van der Waals surface area contributed by atoms with E-state index in [0.29, 0.717) is 29.1 Å². The maximum Gasteiger partial charge on any atom is 0.341 e. The Morgan fingerprint density at radius 3 is 2.54 bits per heavy atom. The number of rotatable bonds is 8. The van der Waals surface area contributed by atoms with Gasteiger partial charge in [0.2, 0.25) is 11.3 Å². The fraction of sp³-hybridized carbons (Fsp3) is 0.154. The van der Waals surface area contributed by atoms with Crippen molar-refractivity contribution in [2.75, 3.05) is 0 Å². The van der Waals surface area contributed by atoms with Crippen LogP contribution in [0.1, 0.15) is 35.8 Å². The highest BCUT2D eigenvalue weighted by Gasteiger charge is 2.26. The quantitative estimate of drug-likeness (QED) is 0.231. The number of ether oxygens (including phenoxy) is 1. The summed E-state index contributed by atoms with van der Waals surface area (Å²) < 4.78 is 20.9. The molecule has 3 aromatic carbocycles. The Hall–Kier alpha value is -4.93. The van der Waals surface area contributed by atoms with Gasteiger partial charge >= 0.3 is 5.97 Å². The van der Waals surface area contributed by atoms with Gasteiger partial charge in [0.1, 0.15) is 17.1 Å². The van der Waals surface area contributed by atoms with Crippen molar-refractivity contribution in [2.45, 2.75) is 26.2 Å². The van der Waals surface area contributed by atoms with Crippen molar-refractivity contribution in [2.24, 2.45) is 0 Å². The van der Waals surface area contributed by atoms with Crippen molar-refractivity contribution >= 4 is 17.0 Å². The number of nitrogens with one attached hydrogen (secondary N) is 1. The van der Waals surface area contributed by atoms with E-state index in [1.165, 1.54) is 6.07 Å². The highest BCUT2D eigenvalue weighted by atomic mass is 19.1. The van der Waals surface area contributed by atoms with Crippen molar-refractivity contribution < 1.29 is 23.8 Å². The first-order valence-corrected chi connectivity index (χ1v) is 11.6. The molecule has 10 nitrogen and oxygen atoms in total. The summed E-state index contributed by atoms with van der Waals surface area (Å²) in [6, 6.07) is 16.8. The Morgan fingerprint density at radius 2 is 1.86 bits per heavy atom. The number of hydrogen-bond donors (Lipinski definition) is 2. The third-order valence-electron chi connectivity index (χ3n) is 5.90. The number of unbranched alkanes of at least 4 members (excludes halogenated alkanes) is 1. The molecule has 5 rings (SSSR count). The summed E-state index contributed by atoms with van der Waals surface area (Å²) in [6.45, 7) is 1.98. The normalized spacial score (nSPS) is 11.1. The van der Waals surface area contributed by atoms with Gasteiger partial charge in [0.25, 0.3) is 11.6 Å². The van der Waals surface area contributed by atoms with E-state index in [9.17, 15) is 19.5 Å². The van der Waals surface area contributed by atoms with Gasteiger partial charge in [-0.15, -0.1) is 10.2 Å². The van der Waals surface area contributed by atoms with Gasteiger partial charge in [-0.25, -0.2) is 9.18 Å². The van der Waals surface area contributed by atoms with E-state index in [1.807, 2.05) is 43.3 Å². The first kappa shape index (κ1) is 23.8. The van der Waals surface area contributed by atoms with E-state index < -0.39 is 17.3 Å². The van der Waals surface area contributed by atoms with Gasteiger partial charge in [0.15, 0.2) is 5.52 Å². The number of nitrogens with zero attached hydrogens (tertiary/aromatic N) is 5. The molecule has 2 aromatic heterocycles. The zero-order valence-electron chi connectivity index (χ0n) is 19.7. The summed E-state index contributed by atoms with van der Waals surface area (Å²) in [6.07, 6.45) is 1.86. The van der Waals surface area contributed by atoms with Crippen molar-refractivity contribution in [3.05, 3.63) is 82.9 Å². The minimum Gasteiger partial charge on any atom is -0.618 e. The summed E-state index contributed by atoms with van der Waals surface area (Å²) in [7, 11) is 0. The third kappa shape index (κ3) is 4.54. The number of hydrogen-bond acceptors (Lipinski definition) is 7. The van der Waals surface area contributed by atoms with Crippen LogP contribution < -0.4 is 9.47 Å². The SMILES string of the molecule is CCCCc1c(Oc2ccc(-c3ccccc3-c3nn[nH]n3)cc2)nc2c(C(=O)O)c(F)ccc2[n+]1[O-]. The van der Waals surface area contributed by atoms with Crippen LogP contribution in [-0.4, -0.2) is 36.7 Å².